The van der Waals surface area contributed by atoms with Gasteiger partial charge in [0.15, 0.2) is 5.78 Å². The van der Waals surface area contributed by atoms with Crippen LogP contribution in [0.4, 0.5) is 0 Å². The molecule has 2 fully saturated rings. The van der Waals surface area contributed by atoms with Crippen LogP contribution < -0.4 is 4.74 Å². The maximum absolute atomic E-state index is 13.2. The van der Waals surface area contributed by atoms with E-state index in [2.05, 4.69) is 9.97 Å². The number of fused-ring (bicyclic) bond motifs is 2. The highest BCUT2D eigenvalue weighted by Gasteiger charge is 2.67. The number of carbonyl (C=O) groups is 1. The van der Waals surface area contributed by atoms with E-state index < -0.39 is 5.41 Å². The van der Waals surface area contributed by atoms with Gasteiger partial charge in [-0.05, 0) is 37.0 Å². The van der Waals surface area contributed by atoms with Crippen LogP contribution in [-0.2, 0) is 4.74 Å². The highest BCUT2D eigenvalue weighted by atomic mass is 16.5. The maximum Gasteiger partial charge on any atom is 0.181 e. The Hall–Kier alpha value is -2.27. The van der Waals surface area contributed by atoms with Gasteiger partial charge in [-0.3, -0.25) is 4.79 Å². The van der Waals surface area contributed by atoms with E-state index in [9.17, 15) is 4.79 Å². The number of benzene rings is 1. The van der Waals surface area contributed by atoms with Gasteiger partial charge < -0.3 is 9.47 Å². The Balaban J connectivity index is 1.63. The van der Waals surface area contributed by atoms with Crippen molar-refractivity contribution < 1.29 is 14.3 Å². The van der Waals surface area contributed by atoms with Gasteiger partial charge in [0.25, 0.3) is 0 Å². The van der Waals surface area contributed by atoms with Gasteiger partial charge in [0.1, 0.15) is 23.1 Å². The van der Waals surface area contributed by atoms with Crippen LogP contribution in [0.15, 0.2) is 36.9 Å². The molecular weight excluding hydrogens is 292 g/mol. The molecule has 1 aliphatic carbocycles. The molecule has 1 saturated carbocycles. The number of carbonyl (C=O) groups excluding carboxylic acids is 1. The lowest BCUT2D eigenvalue weighted by atomic mass is 9.56. The van der Waals surface area contributed by atoms with Crippen LogP contribution in [0.1, 0.15) is 29.6 Å². The van der Waals surface area contributed by atoms with Crippen molar-refractivity contribution in [2.24, 2.45) is 5.41 Å². The quantitative estimate of drug-likeness (QED) is 0.810. The summed E-state index contributed by atoms with van der Waals surface area (Å²) in [5, 5.41) is 0. The van der Waals surface area contributed by atoms with Crippen LogP contribution in [0.5, 0.6) is 5.75 Å². The average Bonchev–Trinajstić information content (AvgIpc) is 2.52. The maximum atomic E-state index is 13.2. The van der Waals surface area contributed by atoms with Gasteiger partial charge in [0, 0.05) is 18.0 Å². The zero-order chi connectivity index (χ0) is 15.5. The third-order valence-corrected chi connectivity index (χ3v) is 5.59. The molecule has 5 heteroatoms. The van der Waals surface area contributed by atoms with E-state index in [1.807, 2.05) is 18.2 Å². The minimum atomic E-state index is -0.482. The SMILES string of the molecule is O=C1c2cc(-c3cncnc3)ccc2OC2(CCC2)C12COC2. The van der Waals surface area contributed by atoms with Crippen molar-refractivity contribution in [3.05, 3.63) is 42.5 Å². The van der Waals surface area contributed by atoms with Gasteiger partial charge in [-0.1, -0.05) is 6.07 Å². The smallest absolute Gasteiger partial charge is 0.181 e. The first-order valence-electron chi connectivity index (χ1n) is 7.95. The van der Waals surface area contributed by atoms with Crippen molar-refractivity contribution >= 4 is 5.78 Å². The number of hydrogen-bond acceptors (Lipinski definition) is 5. The summed E-state index contributed by atoms with van der Waals surface area (Å²) < 4.78 is 11.8. The topological polar surface area (TPSA) is 61.3 Å². The van der Waals surface area contributed by atoms with E-state index in [0.29, 0.717) is 24.5 Å². The highest BCUT2D eigenvalue weighted by molar-refractivity contribution is 6.06. The molecule has 2 aromatic rings. The molecule has 5 nitrogen and oxygen atoms in total. The fraction of sp³-hybridized carbons (Fsp3) is 0.389. The fourth-order valence-electron chi connectivity index (χ4n) is 3.98. The Morgan fingerprint density at radius 3 is 2.43 bits per heavy atom. The molecule has 0 bridgehead atoms. The van der Waals surface area contributed by atoms with E-state index in [1.165, 1.54) is 6.33 Å². The van der Waals surface area contributed by atoms with Gasteiger partial charge in [0.05, 0.1) is 18.8 Å². The monoisotopic (exact) mass is 308 g/mol. The van der Waals surface area contributed by atoms with Crippen molar-refractivity contribution in [1.29, 1.82) is 0 Å². The Kier molecular flexibility index (Phi) is 2.52. The summed E-state index contributed by atoms with van der Waals surface area (Å²) in [4.78, 5) is 21.3. The lowest BCUT2D eigenvalue weighted by Crippen LogP contribution is -2.71. The van der Waals surface area contributed by atoms with Gasteiger partial charge >= 0.3 is 0 Å². The third kappa shape index (κ3) is 1.58. The largest absolute Gasteiger partial charge is 0.485 e. The standard InChI is InChI=1S/C18H16N2O3/c21-16-14-6-12(13-7-19-11-20-8-13)2-3-15(14)23-18(4-1-5-18)17(16)9-22-10-17/h2-3,6-8,11H,1,4-5,9-10H2. The van der Waals surface area contributed by atoms with Gasteiger partial charge in [0.2, 0.25) is 0 Å². The predicted molar refractivity (Wildman–Crippen MR) is 82.3 cm³/mol. The Morgan fingerprint density at radius 1 is 1.04 bits per heavy atom. The first-order valence-corrected chi connectivity index (χ1v) is 7.95. The number of hydrogen-bond donors (Lipinski definition) is 0. The minimum absolute atomic E-state index is 0.170. The van der Waals surface area contributed by atoms with Crippen molar-refractivity contribution in [2.45, 2.75) is 24.9 Å². The number of rotatable bonds is 1. The number of ketones is 1. The number of ether oxygens (including phenoxy) is 2. The molecule has 23 heavy (non-hydrogen) atoms. The molecule has 2 spiro atoms. The lowest BCUT2D eigenvalue weighted by Gasteiger charge is -2.60. The normalized spacial score (nSPS) is 22.9. The highest BCUT2D eigenvalue weighted by Crippen LogP contribution is 2.58. The summed E-state index contributed by atoms with van der Waals surface area (Å²) in [6.07, 6.45) is 7.99. The Bertz CT molecular complexity index is 795. The molecule has 5 rings (SSSR count). The van der Waals surface area contributed by atoms with Crippen molar-refractivity contribution in [1.82, 2.24) is 9.97 Å². The van der Waals surface area contributed by atoms with E-state index >= 15 is 0 Å². The average molecular weight is 308 g/mol. The summed E-state index contributed by atoms with van der Waals surface area (Å²) in [7, 11) is 0. The molecule has 0 atom stereocenters. The van der Waals surface area contributed by atoms with Crippen LogP contribution >= 0.6 is 0 Å². The van der Waals surface area contributed by atoms with Crippen LogP contribution in [0.3, 0.4) is 0 Å². The Labute approximate surface area is 133 Å². The van der Waals surface area contributed by atoms with E-state index in [1.54, 1.807) is 12.4 Å². The molecule has 0 unspecified atom stereocenters. The molecule has 1 saturated heterocycles. The molecule has 116 valence electrons. The summed E-state index contributed by atoms with van der Waals surface area (Å²) in [6.45, 7) is 0.952. The molecule has 2 aliphatic heterocycles. The number of Topliss-reactive ketones (excluding diaryl/α,β-unsaturated/α-hetero) is 1. The molecule has 0 N–H and O–H groups in total. The van der Waals surface area contributed by atoms with Crippen LogP contribution in [0.2, 0.25) is 0 Å². The summed E-state index contributed by atoms with van der Waals surface area (Å²) >= 11 is 0. The van der Waals surface area contributed by atoms with Crippen molar-refractivity contribution in [3.8, 4) is 16.9 Å². The Morgan fingerprint density at radius 2 is 1.83 bits per heavy atom. The van der Waals surface area contributed by atoms with Gasteiger partial charge in [-0.2, -0.15) is 0 Å². The fourth-order valence-corrected chi connectivity index (χ4v) is 3.98. The first-order chi connectivity index (χ1) is 11.2. The molecule has 1 aromatic heterocycles. The molecule has 1 aromatic carbocycles. The summed E-state index contributed by atoms with van der Waals surface area (Å²) in [6, 6.07) is 5.77. The van der Waals surface area contributed by atoms with E-state index in [-0.39, 0.29) is 11.4 Å². The zero-order valence-corrected chi connectivity index (χ0v) is 12.6. The summed E-state index contributed by atoms with van der Waals surface area (Å²) in [5.74, 6) is 0.872. The van der Waals surface area contributed by atoms with Crippen LogP contribution in [-0.4, -0.2) is 34.6 Å². The van der Waals surface area contributed by atoms with Gasteiger partial charge in [-0.15, -0.1) is 0 Å². The first kappa shape index (κ1) is 13.2. The van der Waals surface area contributed by atoms with Crippen molar-refractivity contribution in [2.75, 3.05) is 13.2 Å². The molecule has 3 heterocycles. The number of nitrogens with zero attached hydrogens (tertiary/aromatic N) is 2. The second-order valence-electron chi connectivity index (χ2n) is 6.69. The van der Waals surface area contributed by atoms with Crippen LogP contribution in [0.25, 0.3) is 11.1 Å². The third-order valence-electron chi connectivity index (χ3n) is 5.59. The minimum Gasteiger partial charge on any atom is -0.485 e. The van der Waals surface area contributed by atoms with E-state index in [0.717, 1.165) is 30.4 Å². The van der Waals surface area contributed by atoms with Crippen LogP contribution in [0, 0.1) is 5.41 Å². The number of aromatic nitrogens is 2. The molecular formula is C18H16N2O3. The van der Waals surface area contributed by atoms with Gasteiger partial charge in [-0.25, -0.2) is 9.97 Å². The molecule has 0 radical (unpaired) electrons. The second-order valence-corrected chi connectivity index (χ2v) is 6.69. The molecule has 0 amide bonds. The van der Waals surface area contributed by atoms with Crippen molar-refractivity contribution in [3.63, 3.8) is 0 Å². The van der Waals surface area contributed by atoms with E-state index in [4.69, 9.17) is 9.47 Å². The second kappa shape index (κ2) is 4.38. The predicted octanol–water partition coefficient (Wildman–Crippen LogP) is 2.66. The summed E-state index contributed by atoms with van der Waals surface area (Å²) in [5.41, 5.74) is 1.66. The zero-order valence-electron chi connectivity index (χ0n) is 12.6. The molecule has 3 aliphatic rings. The lowest BCUT2D eigenvalue weighted by molar-refractivity contribution is -0.213.